The fourth-order valence-electron chi connectivity index (χ4n) is 2.65. The van der Waals surface area contributed by atoms with Crippen molar-refractivity contribution in [1.82, 2.24) is 9.88 Å². The van der Waals surface area contributed by atoms with E-state index in [2.05, 4.69) is 36.2 Å². The monoisotopic (exact) mass is 354 g/mol. The van der Waals surface area contributed by atoms with E-state index < -0.39 is 0 Å². The van der Waals surface area contributed by atoms with Crippen LogP contribution in [0.25, 0.3) is 10.8 Å². The molecule has 1 amide bonds. The normalized spacial score (nSPS) is 12.2. The molecule has 130 valence electrons. The molecule has 0 saturated carbocycles. The molecule has 0 aliphatic rings. The minimum Gasteiger partial charge on any atom is -0.440 e. The zero-order valence-corrected chi connectivity index (χ0v) is 15.8. The first-order valence-electron chi connectivity index (χ1n) is 8.28. The first kappa shape index (κ1) is 17.4. The molecule has 2 aromatic heterocycles. The second-order valence-corrected chi connectivity index (χ2v) is 7.21. The van der Waals surface area contributed by atoms with Crippen molar-refractivity contribution in [2.24, 2.45) is 0 Å². The molecule has 0 saturated heterocycles. The Morgan fingerprint density at radius 1 is 1.24 bits per heavy atom. The van der Waals surface area contributed by atoms with Crippen molar-refractivity contribution in [3.63, 3.8) is 0 Å². The maximum atomic E-state index is 12.7. The summed E-state index contributed by atoms with van der Waals surface area (Å²) in [5.41, 5.74) is 3.04. The summed E-state index contributed by atoms with van der Waals surface area (Å²) in [5, 5.41) is 1.98. The van der Waals surface area contributed by atoms with E-state index in [9.17, 15) is 4.79 Å². The number of likely N-dealkylation sites (N-methyl/N-ethyl adjacent to an activating group) is 1. The van der Waals surface area contributed by atoms with Crippen LogP contribution in [0.3, 0.4) is 0 Å². The fraction of sp³-hybridized carbons (Fsp3) is 0.300. The first-order chi connectivity index (χ1) is 12.0. The van der Waals surface area contributed by atoms with Gasteiger partial charge in [0.2, 0.25) is 11.8 Å². The Kier molecular flexibility index (Phi) is 5.04. The SMILES string of the molecule is Cc1ccc(C(C)N(C)C(=O)Cc2nc(-c3cccs3)oc2C)cc1. The van der Waals surface area contributed by atoms with Gasteiger partial charge in [-0.05, 0) is 37.8 Å². The van der Waals surface area contributed by atoms with E-state index in [1.54, 1.807) is 16.2 Å². The van der Waals surface area contributed by atoms with Crippen molar-refractivity contribution >= 4 is 17.2 Å². The lowest BCUT2D eigenvalue weighted by Gasteiger charge is -2.25. The Morgan fingerprint density at radius 3 is 2.60 bits per heavy atom. The molecule has 5 heteroatoms. The highest BCUT2D eigenvalue weighted by Gasteiger charge is 2.21. The van der Waals surface area contributed by atoms with Crippen LogP contribution >= 0.6 is 11.3 Å². The van der Waals surface area contributed by atoms with Crippen molar-refractivity contribution in [2.45, 2.75) is 33.2 Å². The molecule has 1 aromatic carbocycles. The maximum absolute atomic E-state index is 12.7. The number of hydrogen-bond acceptors (Lipinski definition) is 4. The average molecular weight is 354 g/mol. The second kappa shape index (κ2) is 7.23. The van der Waals surface area contributed by atoms with E-state index in [-0.39, 0.29) is 18.4 Å². The van der Waals surface area contributed by atoms with Gasteiger partial charge in [0.25, 0.3) is 0 Å². The molecular formula is C20H22N2O2S. The summed E-state index contributed by atoms with van der Waals surface area (Å²) in [7, 11) is 1.84. The summed E-state index contributed by atoms with van der Waals surface area (Å²) in [4.78, 5) is 19.9. The van der Waals surface area contributed by atoms with E-state index in [0.29, 0.717) is 17.3 Å². The van der Waals surface area contributed by atoms with E-state index in [1.165, 1.54) is 5.56 Å². The topological polar surface area (TPSA) is 46.3 Å². The van der Waals surface area contributed by atoms with Gasteiger partial charge in [-0.25, -0.2) is 4.98 Å². The van der Waals surface area contributed by atoms with Crippen LogP contribution in [0.4, 0.5) is 0 Å². The number of nitrogens with zero attached hydrogens (tertiary/aromatic N) is 2. The highest BCUT2D eigenvalue weighted by molar-refractivity contribution is 7.13. The molecule has 25 heavy (non-hydrogen) atoms. The Labute approximate surface area is 152 Å². The van der Waals surface area contributed by atoms with E-state index in [4.69, 9.17) is 4.42 Å². The van der Waals surface area contributed by atoms with Crippen LogP contribution in [-0.4, -0.2) is 22.8 Å². The lowest BCUT2D eigenvalue weighted by atomic mass is 10.1. The molecule has 3 aromatic rings. The van der Waals surface area contributed by atoms with Crippen molar-refractivity contribution in [3.05, 3.63) is 64.4 Å². The molecule has 0 fully saturated rings. The van der Waals surface area contributed by atoms with Crippen LogP contribution in [0, 0.1) is 13.8 Å². The zero-order chi connectivity index (χ0) is 18.0. The van der Waals surface area contributed by atoms with Crippen molar-refractivity contribution < 1.29 is 9.21 Å². The van der Waals surface area contributed by atoms with Crippen LogP contribution in [0.1, 0.15) is 35.5 Å². The largest absolute Gasteiger partial charge is 0.440 e. The summed E-state index contributed by atoms with van der Waals surface area (Å²) in [6, 6.07) is 12.2. The van der Waals surface area contributed by atoms with Gasteiger partial charge in [0.15, 0.2) is 0 Å². The fourth-order valence-corrected chi connectivity index (χ4v) is 3.30. The van der Waals surface area contributed by atoms with Crippen molar-refractivity contribution in [2.75, 3.05) is 7.05 Å². The van der Waals surface area contributed by atoms with Gasteiger partial charge >= 0.3 is 0 Å². The van der Waals surface area contributed by atoms with Crippen molar-refractivity contribution in [1.29, 1.82) is 0 Å². The minimum absolute atomic E-state index is 0.0112. The molecule has 0 aliphatic heterocycles. The van der Waals surface area contributed by atoms with E-state index in [0.717, 1.165) is 10.4 Å². The predicted octanol–water partition coefficient (Wildman–Crippen LogP) is 4.78. The zero-order valence-electron chi connectivity index (χ0n) is 14.9. The summed E-state index contributed by atoms with van der Waals surface area (Å²) in [6.45, 7) is 5.95. The van der Waals surface area contributed by atoms with E-state index >= 15 is 0 Å². The summed E-state index contributed by atoms with van der Waals surface area (Å²) in [6.07, 6.45) is 0.243. The number of oxazole rings is 1. The first-order valence-corrected chi connectivity index (χ1v) is 9.16. The minimum atomic E-state index is 0.0112. The Balaban J connectivity index is 1.72. The summed E-state index contributed by atoms with van der Waals surface area (Å²) in [5.74, 6) is 1.32. The highest BCUT2D eigenvalue weighted by Crippen LogP contribution is 2.27. The quantitative estimate of drug-likeness (QED) is 0.662. The van der Waals surface area contributed by atoms with Crippen LogP contribution in [0.2, 0.25) is 0 Å². The van der Waals surface area contributed by atoms with Crippen LogP contribution < -0.4 is 0 Å². The number of aryl methyl sites for hydroxylation is 2. The Bertz CT molecular complexity index is 850. The molecule has 0 aliphatic carbocycles. The van der Waals surface area contributed by atoms with Gasteiger partial charge in [-0.15, -0.1) is 11.3 Å². The molecule has 0 spiro atoms. The van der Waals surface area contributed by atoms with Gasteiger partial charge in [0.05, 0.1) is 23.0 Å². The molecule has 3 rings (SSSR count). The molecule has 2 heterocycles. The molecule has 0 radical (unpaired) electrons. The number of carbonyl (C=O) groups excluding carboxylic acids is 1. The van der Waals surface area contributed by atoms with Crippen molar-refractivity contribution in [3.8, 4) is 10.8 Å². The third kappa shape index (κ3) is 3.82. The molecular weight excluding hydrogens is 332 g/mol. The lowest BCUT2D eigenvalue weighted by molar-refractivity contribution is -0.131. The number of hydrogen-bond donors (Lipinski definition) is 0. The van der Waals surface area contributed by atoms with Gasteiger partial charge < -0.3 is 9.32 Å². The number of rotatable bonds is 5. The van der Waals surface area contributed by atoms with Gasteiger partial charge in [-0.2, -0.15) is 0 Å². The Hall–Kier alpha value is -2.40. The van der Waals surface area contributed by atoms with Crippen LogP contribution in [-0.2, 0) is 11.2 Å². The number of thiophene rings is 1. The van der Waals surface area contributed by atoms with E-state index in [1.807, 2.05) is 38.4 Å². The Morgan fingerprint density at radius 2 is 1.96 bits per heavy atom. The summed E-state index contributed by atoms with van der Waals surface area (Å²) < 4.78 is 5.73. The maximum Gasteiger partial charge on any atom is 0.236 e. The third-order valence-corrected chi connectivity index (χ3v) is 5.34. The van der Waals surface area contributed by atoms with Crippen LogP contribution in [0.5, 0.6) is 0 Å². The smallest absolute Gasteiger partial charge is 0.236 e. The molecule has 4 nitrogen and oxygen atoms in total. The van der Waals surface area contributed by atoms with Gasteiger partial charge in [0, 0.05) is 7.05 Å². The number of aromatic nitrogens is 1. The predicted molar refractivity (Wildman–Crippen MR) is 101 cm³/mol. The summed E-state index contributed by atoms with van der Waals surface area (Å²) >= 11 is 1.57. The van der Waals surface area contributed by atoms with Gasteiger partial charge in [-0.1, -0.05) is 35.9 Å². The average Bonchev–Trinajstić information content (AvgIpc) is 3.24. The number of benzene rings is 1. The molecule has 1 unspecified atom stereocenters. The van der Waals surface area contributed by atoms with Gasteiger partial charge in [0.1, 0.15) is 5.76 Å². The number of amides is 1. The molecule has 1 atom stereocenters. The third-order valence-electron chi connectivity index (χ3n) is 4.48. The lowest BCUT2D eigenvalue weighted by Crippen LogP contribution is -2.31. The molecule has 0 bridgehead atoms. The van der Waals surface area contributed by atoms with Gasteiger partial charge in [-0.3, -0.25) is 4.79 Å². The van der Waals surface area contributed by atoms with Crippen LogP contribution in [0.15, 0.2) is 46.2 Å². The highest BCUT2D eigenvalue weighted by atomic mass is 32.1. The second-order valence-electron chi connectivity index (χ2n) is 6.27. The molecule has 0 N–H and O–H groups in total. The number of carbonyl (C=O) groups is 1. The standard InChI is InChI=1S/C20H22N2O2S/c1-13-7-9-16(10-8-13)14(2)22(4)19(23)12-17-15(3)24-20(21-17)18-6-5-11-25-18/h5-11,14H,12H2,1-4H3.